The Labute approximate surface area is 113 Å². The Hall–Kier alpha value is -1.30. The lowest BCUT2D eigenvalue weighted by Gasteiger charge is -2.19. The van der Waals surface area contributed by atoms with Gasteiger partial charge in [-0.25, -0.2) is 13.6 Å². The normalized spacial score (nSPS) is 24.3. The average molecular weight is 288 g/mol. The van der Waals surface area contributed by atoms with Crippen LogP contribution in [0.25, 0.3) is 0 Å². The fraction of sp³-hybridized carbons (Fsp3) is 0.462. The molecule has 0 bridgehead atoms. The Morgan fingerprint density at radius 1 is 1.53 bits per heavy atom. The third-order valence-electron chi connectivity index (χ3n) is 3.25. The number of hydrogen-bond donors (Lipinski definition) is 2. The van der Waals surface area contributed by atoms with Gasteiger partial charge in [0.15, 0.2) is 0 Å². The van der Waals surface area contributed by atoms with Crippen LogP contribution in [0.2, 0.25) is 0 Å². The number of halogens is 2. The van der Waals surface area contributed by atoms with Crippen molar-refractivity contribution in [2.24, 2.45) is 5.92 Å². The SMILES string of the molecule is CC(F)(F)C1=CCCC2=C(C(=O)O)SCC2C(O)=C1. The van der Waals surface area contributed by atoms with Crippen LogP contribution in [-0.4, -0.2) is 27.9 Å². The molecule has 1 unspecified atom stereocenters. The number of aliphatic hydroxyl groups is 1. The molecule has 19 heavy (non-hydrogen) atoms. The van der Waals surface area contributed by atoms with E-state index in [0.29, 0.717) is 24.2 Å². The summed E-state index contributed by atoms with van der Waals surface area (Å²) in [4.78, 5) is 11.3. The van der Waals surface area contributed by atoms with Gasteiger partial charge in [0, 0.05) is 24.2 Å². The van der Waals surface area contributed by atoms with E-state index in [9.17, 15) is 18.7 Å². The first-order valence-corrected chi connectivity index (χ1v) is 6.87. The molecule has 0 aromatic rings. The second-order valence-electron chi connectivity index (χ2n) is 4.68. The summed E-state index contributed by atoms with van der Waals surface area (Å²) in [6.45, 7) is 0.785. The minimum Gasteiger partial charge on any atom is -0.512 e. The van der Waals surface area contributed by atoms with Gasteiger partial charge in [-0.15, -0.1) is 11.8 Å². The molecule has 0 radical (unpaired) electrons. The number of carboxylic acids is 1. The molecule has 0 amide bonds. The highest BCUT2D eigenvalue weighted by Gasteiger charge is 2.35. The van der Waals surface area contributed by atoms with E-state index in [4.69, 9.17) is 5.11 Å². The van der Waals surface area contributed by atoms with Gasteiger partial charge in [-0.2, -0.15) is 0 Å². The van der Waals surface area contributed by atoms with Crippen LogP contribution in [0.1, 0.15) is 19.8 Å². The van der Waals surface area contributed by atoms with Crippen LogP contribution in [0.3, 0.4) is 0 Å². The van der Waals surface area contributed by atoms with Gasteiger partial charge >= 0.3 is 5.97 Å². The fourth-order valence-electron chi connectivity index (χ4n) is 2.28. The van der Waals surface area contributed by atoms with E-state index in [1.165, 1.54) is 6.08 Å². The maximum atomic E-state index is 13.3. The number of carbonyl (C=O) groups is 1. The van der Waals surface area contributed by atoms with Gasteiger partial charge in [0.1, 0.15) is 5.76 Å². The molecule has 0 fully saturated rings. The lowest BCUT2D eigenvalue weighted by Crippen LogP contribution is -2.17. The quantitative estimate of drug-likeness (QED) is 0.816. The van der Waals surface area contributed by atoms with Gasteiger partial charge < -0.3 is 10.2 Å². The van der Waals surface area contributed by atoms with Crippen molar-refractivity contribution < 1.29 is 23.8 Å². The molecule has 0 aromatic heterocycles. The van der Waals surface area contributed by atoms with Crippen LogP contribution >= 0.6 is 11.8 Å². The Bertz CT molecular complexity index is 501. The van der Waals surface area contributed by atoms with Crippen molar-refractivity contribution in [3.05, 3.63) is 34.0 Å². The van der Waals surface area contributed by atoms with Crippen LogP contribution in [0.4, 0.5) is 8.78 Å². The maximum Gasteiger partial charge on any atom is 0.342 e. The van der Waals surface area contributed by atoms with Crippen molar-refractivity contribution in [3.63, 3.8) is 0 Å². The Morgan fingerprint density at radius 3 is 2.79 bits per heavy atom. The highest BCUT2D eigenvalue weighted by Crippen LogP contribution is 2.43. The Morgan fingerprint density at radius 2 is 2.21 bits per heavy atom. The molecular weight excluding hydrogens is 274 g/mol. The molecule has 1 heterocycles. The molecule has 104 valence electrons. The molecule has 2 rings (SSSR count). The van der Waals surface area contributed by atoms with Crippen molar-refractivity contribution in [2.45, 2.75) is 25.7 Å². The third kappa shape index (κ3) is 2.83. The van der Waals surface area contributed by atoms with Crippen LogP contribution in [-0.2, 0) is 4.79 Å². The van der Waals surface area contributed by atoms with E-state index >= 15 is 0 Å². The van der Waals surface area contributed by atoms with Gasteiger partial charge in [0.05, 0.1) is 4.91 Å². The van der Waals surface area contributed by atoms with E-state index in [0.717, 1.165) is 24.8 Å². The molecule has 0 spiro atoms. The van der Waals surface area contributed by atoms with Gasteiger partial charge in [0.2, 0.25) is 0 Å². The monoisotopic (exact) mass is 288 g/mol. The number of thioether (sulfide) groups is 1. The molecule has 1 aliphatic carbocycles. The maximum absolute atomic E-state index is 13.3. The van der Waals surface area contributed by atoms with Crippen molar-refractivity contribution in [3.8, 4) is 0 Å². The van der Waals surface area contributed by atoms with Crippen LogP contribution < -0.4 is 0 Å². The van der Waals surface area contributed by atoms with E-state index in [2.05, 4.69) is 0 Å². The van der Waals surface area contributed by atoms with Crippen LogP contribution in [0.5, 0.6) is 0 Å². The Balaban J connectivity index is 2.38. The zero-order chi connectivity index (χ0) is 14.2. The first kappa shape index (κ1) is 14.1. The van der Waals surface area contributed by atoms with Crippen LogP contribution in [0.15, 0.2) is 34.0 Å². The lowest BCUT2D eigenvalue weighted by molar-refractivity contribution is -0.131. The molecule has 0 aromatic carbocycles. The van der Waals surface area contributed by atoms with Gasteiger partial charge in [0.25, 0.3) is 5.92 Å². The lowest BCUT2D eigenvalue weighted by atomic mass is 9.90. The number of rotatable bonds is 2. The van der Waals surface area contributed by atoms with E-state index in [1.54, 1.807) is 0 Å². The largest absolute Gasteiger partial charge is 0.512 e. The van der Waals surface area contributed by atoms with E-state index < -0.39 is 17.8 Å². The zero-order valence-corrected chi connectivity index (χ0v) is 11.1. The van der Waals surface area contributed by atoms with E-state index in [-0.39, 0.29) is 16.2 Å². The number of alkyl halides is 2. The first-order valence-electron chi connectivity index (χ1n) is 5.89. The van der Waals surface area contributed by atoms with E-state index in [1.807, 2.05) is 0 Å². The predicted octanol–water partition coefficient (Wildman–Crippen LogP) is 3.51. The second kappa shape index (κ2) is 5.00. The number of aliphatic carboxylic acids is 1. The third-order valence-corrected chi connectivity index (χ3v) is 4.47. The molecule has 0 saturated heterocycles. The second-order valence-corrected chi connectivity index (χ2v) is 5.71. The zero-order valence-electron chi connectivity index (χ0n) is 10.3. The number of hydrogen-bond acceptors (Lipinski definition) is 3. The summed E-state index contributed by atoms with van der Waals surface area (Å²) in [6, 6.07) is 0. The summed E-state index contributed by atoms with van der Waals surface area (Å²) in [7, 11) is 0. The van der Waals surface area contributed by atoms with Crippen molar-refractivity contribution in [1.82, 2.24) is 0 Å². The van der Waals surface area contributed by atoms with Crippen molar-refractivity contribution in [1.29, 1.82) is 0 Å². The minimum atomic E-state index is -3.00. The highest BCUT2D eigenvalue weighted by molar-refractivity contribution is 8.04. The number of aliphatic hydroxyl groups excluding tert-OH is 1. The first-order chi connectivity index (χ1) is 8.80. The molecule has 1 atom stereocenters. The molecule has 0 saturated carbocycles. The standard InChI is InChI=1S/C13H14F2O3S/c1-13(14,15)7-3-2-4-8-9(10(16)5-7)6-19-11(8)12(17)18/h3,5,9,16H,2,4,6H2,1H3,(H,17,18). The highest BCUT2D eigenvalue weighted by atomic mass is 32.2. The summed E-state index contributed by atoms with van der Waals surface area (Å²) in [5.41, 5.74) is 0.429. The van der Waals surface area contributed by atoms with Crippen LogP contribution in [0, 0.1) is 5.92 Å². The summed E-state index contributed by atoms with van der Waals surface area (Å²) >= 11 is 1.16. The molecule has 2 aliphatic rings. The fourth-order valence-corrected chi connectivity index (χ4v) is 3.54. The van der Waals surface area contributed by atoms with Crippen molar-refractivity contribution in [2.75, 3.05) is 5.75 Å². The van der Waals surface area contributed by atoms with Gasteiger partial charge in [-0.3, -0.25) is 0 Å². The number of fused-ring (bicyclic) bond motifs is 1. The summed E-state index contributed by atoms with van der Waals surface area (Å²) in [5.74, 6) is -4.26. The summed E-state index contributed by atoms with van der Waals surface area (Å²) < 4.78 is 26.6. The molecule has 1 aliphatic heterocycles. The smallest absolute Gasteiger partial charge is 0.342 e. The molecule has 6 heteroatoms. The van der Waals surface area contributed by atoms with Gasteiger partial charge in [-0.1, -0.05) is 6.08 Å². The predicted molar refractivity (Wildman–Crippen MR) is 69.3 cm³/mol. The number of carboxylic acid groups (broad SMARTS) is 1. The molecule has 3 nitrogen and oxygen atoms in total. The molecule has 2 N–H and O–H groups in total. The summed E-state index contributed by atoms with van der Waals surface area (Å²) in [5, 5.41) is 19.0. The van der Waals surface area contributed by atoms with Crippen molar-refractivity contribution >= 4 is 17.7 Å². The topological polar surface area (TPSA) is 57.5 Å². The average Bonchev–Trinajstić information content (AvgIpc) is 2.67. The molecular formula is C13H14F2O3S. The Kier molecular flexibility index (Phi) is 3.71. The van der Waals surface area contributed by atoms with Gasteiger partial charge in [-0.05, 0) is 24.5 Å². The number of allylic oxidation sites excluding steroid dienone is 4. The summed E-state index contributed by atoms with van der Waals surface area (Å²) in [6.07, 6.45) is 3.18. The minimum absolute atomic E-state index is 0.175.